The summed E-state index contributed by atoms with van der Waals surface area (Å²) in [6.45, 7) is 1.48. The summed E-state index contributed by atoms with van der Waals surface area (Å²) in [7, 11) is 0. The molecule has 4 nitrogen and oxygen atoms in total. The molecule has 0 bridgehead atoms. The Morgan fingerprint density at radius 2 is 1.83 bits per heavy atom. The number of benzene rings is 2. The van der Waals surface area contributed by atoms with Crippen molar-refractivity contribution in [1.29, 1.82) is 0 Å². The van der Waals surface area contributed by atoms with Crippen LogP contribution >= 0.6 is 27.5 Å². The fourth-order valence-electron chi connectivity index (χ4n) is 2.72. The first-order chi connectivity index (χ1) is 11.5. The van der Waals surface area contributed by atoms with Gasteiger partial charge in [-0.05, 0) is 49.2 Å². The summed E-state index contributed by atoms with van der Waals surface area (Å²) in [5.74, 6) is -0.367. The Kier molecular flexibility index (Phi) is 5.21. The Morgan fingerprint density at radius 3 is 2.54 bits per heavy atom. The van der Waals surface area contributed by atoms with Crippen LogP contribution in [0, 0.1) is 0 Å². The summed E-state index contributed by atoms with van der Waals surface area (Å²) in [6.07, 6.45) is 2.01. The van der Waals surface area contributed by atoms with Gasteiger partial charge in [0, 0.05) is 28.1 Å². The van der Waals surface area contributed by atoms with Crippen molar-refractivity contribution < 1.29 is 9.59 Å². The zero-order valence-electron chi connectivity index (χ0n) is 12.9. The van der Waals surface area contributed by atoms with Crippen molar-refractivity contribution in [2.24, 2.45) is 0 Å². The summed E-state index contributed by atoms with van der Waals surface area (Å²) in [5, 5.41) is 3.29. The Bertz CT molecular complexity index is 788. The summed E-state index contributed by atoms with van der Waals surface area (Å²) in [4.78, 5) is 27.0. The van der Waals surface area contributed by atoms with Gasteiger partial charge in [-0.25, -0.2) is 0 Å². The van der Waals surface area contributed by atoms with Crippen LogP contribution in [0.1, 0.15) is 33.6 Å². The molecule has 1 fully saturated rings. The van der Waals surface area contributed by atoms with Crippen LogP contribution in [0.3, 0.4) is 0 Å². The maximum absolute atomic E-state index is 12.7. The number of halogens is 2. The molecule has 0 spiro atoms. The van der Waals surface area contributed by atoms with Gasteiger partial charge in [0.2, 0.25) is 0 Å². The predicted molar refractivity (Wildman–Crippen MR) is 98.7 cm³/mol. The molecule has 3 rings (SSSR count). The van der Waals surface area contributed by atoms with Gasteiger partial charge in [0.15, 0.2) is 0 Å². The number of hydrogen-bond donors (Lipinski definition) is 1. The third-order valence-corrected chi connectivity index (χ3v) is 4.67. The van der Waals surface area contributed by atoms with Crippen LogP contribution in [0.2, 0.25) is 5.02 Å². The number of carbonyl (C=O) groups excluding carboxylic acids is 2. The largest absolute Gasteiger partial charge is 0.339 e. The lowest BCUT2D eigenvalue weighted by molar-refractivity contribution is 0.0794. The number of likely N-dealkylation sites (tertiary alicyclic amines) is 1. The van der Waals surface area contributed by atoms with Crippen molar-refractivity contribution in [1.82, 2.24) is 4.90 Å². The van der Waals surface area contributed by atoms with E-state index in [0.717, 1.165) is 30.4 Å². The van der Waals surface area contributed by atoms with E-state index in [4.69, 9.17) is 11.6 Å². The van der Waals surface area contributed by atoms with E-state index in [1.54, 1.807) is 41.3 Å². The molecule has 0 radical (unpaired) electrons. The molecule has 0 atom stereocenters. The molecule has 0 aromatic heterocycles. The van der Waals surface area contributed by atoms with Crippen molar-refractivity contribution in [2.75, 3.05) is 18.4 Å². The van der Waals surface area contributed by atoms with Crippen LogP contribution in [0.15, 0.2) is 46.9 Å². The molecule has 0 unspecified atom stereocenters. The SMILES string of the molecule is O=C(Nc1ccc(Cl)cc1C(=O)N1CCCC1)c1cccc(Br)c1. The molecule has 0 aliphatic carbocycles. The molecule has 1 heterocycles. The third kappa shape index (κ3) is 3.79. The van der Waals surface area contributed by atoms with E-state index < -0.39 is 0 Å². The van der Waals surface area contributed by atoms with E-state index in [1.165, 1.54) is 0 Å². The molecular weight excluding hydrogens is 392 g/mol. The topological polar surface area (TPSA) is 49.4 Å². The van der Waals surface area contributed by atoms with Gasteiger partial charge in [0.05, 0.1) is 11.3 Å². The maximum atomic E-state index is 12.7. The lowest BCUT2D eigenvalue weighted by Crippen LogP contribution is -2.28. The van der Waals surface area contributed by atoms with E-state index in [9.17, 15) is 9.59 Å². The highest BCUT2D eigenvalue weighted by Crippen LogP contribution is 2.25. The lowest BCUT2D eigenvalue weighted by Gasteiger charge is -2.18. The van der Waals surface area contributed by atoms with Gasteiger partial charge >= 0.3 is 0 Å². The Balaban J connectivity index is 1.87. The highest BCUT2D eigenvalue weighted by Gasteiger charge is 2.23. The Hall–Kier alpha value is -1.85. The minimum absolute atomic E-state index is 0.0976. The summed E-state index contributed by atoms with van der Waals surface area (Å²) < 4.78 is 0.819. The molecule has 1 aliphatic rings. The number of anilines is 1. The van der Waals surface area contributed by atoms with Gasteiger partial charge in [0.25, 0.3) is 11.8 Å². The normalized spacial score (nSPS) is 13.8. The molecule has 6 heteroatoms. The lowest BCUT2D eigenvalue weighted by atomic mass is 10.1. The van der Waals surface area contributed by atoms with Crippen LogP contribution in [0.5, 0.6) is 0 Å². The minimum Gasteiger partial charge on any atom is -0.339 e. The molecule has 1 saturated heterocycles. The zero-order valence-corrected chi connectivity index (χ0v) is 15.2. The van der Waals surface area contributed by atoms with Crippen molar-refractivity contribution in [3.63, 3.8) is 0 Å². The molecule has 1 N–H and O–H groups in total. The number of nitrogens with zero attached hydrogens (tertiary/aromatic N) is 1. The highest BCUT2D eigenvalue weighted by atomic mass is 79.9. The van der Waals surface area contributed by atoms with E-state index >= 15 is 0 Å². The van der Waals surface area contributed by atoms with Gasteiger partial charge in [-0.15, -0.1) is 0 Å². The van der Waals surface area contributed by atoms with E-state index in [-0.39, 0.29) is 11.8 Å². The van der Waals surface area contributed by atoms with Gasteiger partial charge in [0.1, 0.15) is 0 Å². The van der Waals surface area contributed by atoms with Crippen molar-refractivity contribution in [3.8, 4) is 0 Å². The molecule has 0 saturated carbocycles. The summed E-state index contributed by atoms with van der Waals surface area (Å²) in [5.41, 5.74) is 1.41. The molecule has 1 aliphatic heterocycles. The molecule has 2 amide bonds. The molecule has 24 heavy (non-hydrogen) atoms. The fraction of sp³-hybridized carbons (Fsp3) is 0.222. The average Bonchev–Trinajstić information content (AvgIpc) is 3.10. The second-order valence-electron chi connectivity index (χ2n) is 5.65. The number of rotatable bonds is 3. The van der Waals surface area contributed by atoms with Gasteiger partial charge in [-0.1, -0.05) is 33.6 Å². The van der Waals surface area contributed by atoms with Crippen LogP contribution in [-0.4, -0.2) is 29.8 Å². The van der Waals surface area contributed by atoms with Crippen LogP contribution < -0.4 is 5.32 Å². The quantitative estimate of drug-likeness (QED) is 0.809. The second-order valence-corrected chi connectivity index (χ2v) is 7.01. The second kappa shape index (κ2) is 7.36. The highest BCUT2D eigenvalue weighted by molar-refractivity contribution is 9.10. The monoisotopic (exact) mass is 406 g/mol. The number of carbonyl (C=O) groups is 2. The number of amides is 2. The third-order valence-electron chi connectivity index (χ3n) is 3.94. The van der Waals surface area contributed by atoms with Crippen LogP contribution in [0.25, 0.3) is 0 Å². The van der Waals surface area contributed by atoms with Gasteiger partial charge in [-0.3, -0.25) is 9.59 Å². The van der Waals surface area contributed by atoms with E-state index in [2.05, 4.69) is 21.2 Å². The van der Waals surface area contributed by atoms with Crippen LogP contribution in [-0.2, 0) is 0 Å². The molecule has 2 aromatic rings. The van der Waals surface area contributed by atoms with Gasteiger partial charge < -0.3 is 10.2 Å². The Morgan fingerprint density at radius 1 is 1.08 bits per heavy atom. The maximum Gasteiger partial charge on any atom is 0.256 e. The Labute approximate surface area is 153 Å². The minimum atomic E-state index is -0.269. The van der Waals surface area contributed by atoms with Crippen molar-refractivity contribution >= 4 is 45.0 Å². The predicted octanol–water partition coefficient (Wildman–Crippen LogP) is 4.59. The van der Waals surface area contributed by atoms with E-state index in [1.807, 2.05) is 6.07 Å². The fourth-order valence-corrected chi connectivity index (χ4v) is 3.29. The molecule has 124 valence electrons. The van der Waals surface area contributed by atoms with Gasteiger partial charge in [-0.2, -0.15) is 0 Å². The smallest absolute Gasteiger partial charge is 0.256 e. The van der Waals surface area contributed by atoms with Crippen molar-refractivity contribution in [2.45, 2.75) is 12.8 Å². The van der Waals surface area contributed by atoms with E-state index in [0.29, 0.717) is 21.8 Å². The van der Waals surface area contributed by atoms with Crippen LogP contribution in [0.4, 0.5) is 5.69 Å². The summed E-state index contributed by atoms with van der Waals surface area (Å²) >= 11 is 9.40. The van der Waals surface area contributed by atoms with Crippen molar-refractivity contribution in [3.05, 3.63) is 63.1 Å². The first kappa shape index (κ1) is 17.0. The standard InChI is InChI=1S/C18H16BrClN2O2/c19-13-5-3-4-12(10-13)17(23)21-16-7-6-14(20)11-15(16)18(24)22-8-1-2-9-22/h3-7,10-11H,1-2,8-9H2,(H,21,23). The summed E-state index contributed by atoms with van der Waals surface area (Å²) in [6, 6.07) is 12.0. The first-order valence-corrected chi connectivity index (χ1v) is 8.87. The average molecular weight is 408 g/mol. The molecule has 2 aromatic carbocycles. The first-order valence-electron chi connectivity index (χ1n) is 7.70. The molecular formula is C18H16BrClN2O2. The zero-order chi connectivity index (χ0) is 17.1. The number of hydrogen-bond acceptors (Lipinski definition) is 2. The number of nitrogens with one attached hydrogen (secondary N) is 1.